The Bertz CT molecular complexity index is 657. The van der Waals surface area contributed by atoms with E-state index in [0.29, 0.717) is 19.9 Å². The maximum atomic E-state index is 8.56. The van der Waals surface area contributed by atoms with Gasteiger partial charge in [0.15, 0.2) is 0 Å². The molecular formula is C20H27B2N2O2Pt-. The van der Waals surface area contributed by atoms with E-state index in [4.69, 9.17) is 10.2 Å². The summed E-state index contributed by atoms with van der Waals surface area (Å²) in [5.41, 5.74) is 2.38. The Morgan fingerprint density at radius 3 is 1.96 bits per heavy atom. The Labute approximate surface area is 174 Å². The van der Waals surface area contributed by atoms with Crippen LogP contribution in [0, 0.1) is 6.07 Å². The monoisotopic (exact) mass is 544 g/mol. The topological polar surface area (TPSA) is 46.9 Å². The molecule has 27 heavy (non-hydrogen) atoms. The zero-order valence-corrected chi connectivity index (χ0v) is 18.6. The van der Waals surface area contributed by atoms with E-state index in [1.165, 1.54) is 9.83 Å². The van der Waals surface area contributed by atoms with Crippen molar-refractivity contribution in [1.29, 1.82) is 0 Å². The fourth-order valence-corrected chi connectivity index (χ4v) is 4.61. The molecule has 2 unspecified atom stereocenters. The molecule has 0 aliphatic carbocycles. The van der Waals surface area contributed by atoms with Gasteiger partial charge in [-0.3, -0.25) is 0 Å². The van der Waals surface area contributed by atoms with Gasteiger partial charge in [-0.25, -0.2) is 0 Å². The van der Waals surface area contributed by atoms with Crippen molar-refractivity contribution < 1.29 is 29.6 Å². The normalized spacial score (nSPS) is 16.2. The van der Waals surface area contributed by atoms with Gasteiger partial charge in [-0.05, 0) is 20.3 Å². The summed E-state index contributed by atoms with van der Waals surface area (Å²) >= 11 is 2.42. The number of hydrogen-bond donors (Lipinski definition) is 2. The number of rotatable bonds is 4. The van der Waals surface area contributed by atoms with Crippen molar-refractivity contribution in [2.75, 3.05) is 9.62 Å². The maximum absolute atomic E-state index is 8.56. The Morgan fingerprint density at radius 2 is 1.48 bits per heavy atom. The minimum absolute atomic E-state index is 0.375. The van der Waals surface area contributed by atoms with Crippen molar-refractivity contribution >= 4 is 29.0 Å². The van der Waals surface area contributed by atoms with Crippen molar-refractivity contribution in [3.63, 3.8) is 0 Å². The zero-order chi connectivity index (χ0) is 20.0. The van der Waals surface area contributed by atoms with E-state index in [1.807, 2.05) is 12.1 Å². The summed E-state index contributed by atoms with van der Waals surface area (Å²) < 4.78 is 1.23. The van der Waals surface area contributed by atoms with E-state index in [2.05, 4.69) is 91.2 Å². The molecule has 1 saturated heterocycles. The van der Waals surface area contributed by atoms with Crippen molar-refractivity contribution in [3.05, 3.63) is 60.7 Å². The summed E-state index contributed by atoms with van der Waals surface area (Å²) in [7, 11) is 0. The number of nitrogens with zero attached hydrogens (tertiary/aromatic N) is 2. The van der Waals surface area contributed by atoms with Crippen LogP contribution >= 0.6 is 0 Å². The van der Waals surface area contributed by atoms with Crippen molar-refractivity contribution in [2.24, 2.45) is 0 Å². The minimum atomic E-state index is -0.375. The van der Waals surface area contributed by atoms with Crippen LogP contribution in [0.1, 0.15) is 20.3 Å². The molecule has 2 atom stereocenters. The molecule has 2 N–H and O–H groups in total. The number of para-hydroxylation sites is 2. The second-order valence-corrected chi connectivity index (χ2v) is 8.00. The zero-order valence-electron chi connectivity index (χ0n) is 16.3. The summed E-state index contributed by atoms with van der Waals surface area (Å²) in [5, 5.41) is 17.1. The fourth-order valence-electron chi connectivity index (χ4n) is 3.12. The van der Waals surface area contributed by atoms with Crippen LogP contribution in [-0.2, 0) is 19.4 Å². The molecule has 0 radical (unpaired) electrons. The minimum Gasteiger partial charge on any atom is -0.393 e. The summed E-state index contributed by atoms with van der Waals surface area (Å²) in [6.45, 7) is 8.71. The predicted molar refractivity (Wildman–Crippen MR) is 113 cm³/mol. The van der Waals surface area contributed by atoms with E-state index in [9.17, 15) is 0 Å². The first-order chi connectivity index (χ1) is 12.8. The summed E-state index contributed by atoms with van der Waals surface area (Å²) in [4.78, 5) is 4.76. The largest absolute Gasteiger partial charge is 0.393 e. The fraction of sp³-hybridized carbons (Fsp3) is 0.350. The molecule has 2 aromatic rings. The molecule has 2 aromatic carbocycles. The van der Waals surface area contributed by atoms with E-state index in [1.54, 1.807) is 13.8 Å². The van der Waals surface area contributed by atoms with Crippen LogP contribution in [0.4, 0.5) is 11.4 Å². The quantitative estimate of drug-likeness (QED) is 0.460. The van der Waals surface area contributed by atoms with E-state index < -0.39 is 0 Å². The van der Waals surface area contributed by atoms with Gasteiger partial charge in [-0.1, -0.05) is 0 Å². The van der Waals surface area contributed by atoms with Crippen LogP contribution < -0.4 is 9.62 Å². The smallest absolute Gasteiger partial charge is 0.0536 e. The molecule has 3 rings (SSSR count). The Kier molecular flexibility index (Phi) is 8.34. The number of aliphatic hydroxyl groups is 2. The summed E-state index contributed by atoms with van der Waals surface area (Å²) in [6.07, 6.45) is -0.278. The molecule has 0 bridgehead atoms. The number of anilines is 2. The standard InChI is InChI=1S/C15H15B2N2.C5H12O2.Pt/c1-16-17(2)19(15-11-7-4-8-12-15)13-18(16)14-9-5-3-6-10-14;1-4(6)3-5(2)7;/h3-11H,1-2H3;4-7H,3H2,1-2H3;/q-1;;. The van der Waals surface area contributed by atoms with Crippen LogP contribution in [0.25, 0.3) is 0 Å². The van der Waals surface area contributed by atoms with Crippen molar-refractivity contribution in [1.82, 2.24) is 0 Å². The number of hydrogen-bond acceptors (Lipinski definition) is 4. The third-order valence-electron chi connectivity index (χ3n) is 4.55. The number of benzene rings is 2. The number of aliphatic hydroxyl groups excluding tert-OH is 2. The molecule has 0 spiro atoms. The molecule has 1 aliphatic rings. The Hall–Kier alpha value is -1.35. The van der Waals surface area contributed by atoms with Gasteiger partial charge in [0, 0.05) is 0 Å². The third kappa shape index (κ3) is 5.81. The average molecular weight is 544 g/mol. The first-order valence-corrected chi connectivity index (χ1v) is 10.4. The molecule has 1 aliphatic heterocycles. The van der Waals surface area contributed by atoms with E-state index in [0.717, 1.165) is 5.69 Å². The first-order valence-electron chi connectivity index (χ1n) is 9.28. The SMILES string of the molecule is CB1B(C)N(c2ccccc2)[C](=[Pt])N1c1[c-]cccc1.CC(O)CC(C)O. The van der Waals surface area contributed by atoms with E-state index >= 15 is 0 Å². The predicted octanol–water partition coefficient (Wildman–Crippen LogP) is 2.91. The Morgan fingerprint density at radius 1 is 0.926 bits per heavy atom. The molecule has 0 saturated carbocycles. The van der Waals surface area contributed by atoms with Gasteiger partial charge in [0.25, 0.3) is 0 Å². The molecule has 7 heteroatoms. The third-order valence-corrected chi connectivity index (χ3v) is 5.64. The van der Waals surface area contributed by atoms with Crippen LogP contribution in [0.15, 0.2) is 54.6 Å². The van der Waals surface area contributed by atoms with Crippen LogP contribution in [0.3, 0.4) is 0 Å². The van der Waals surface area contributed by atoms with Gasteiger partial charge in [-0.2, -0.15) is 0 Å². The van der Waals surface area contributed by atoms with Gasteiger partial charge in [0.05, 0.1) is 12.2 Å². The Balaban J connectivity index is 0.000000321. The second kappa shape index (κ2) is 10.3. The van der Waals surface area contributed by atoms with Gasteiger partial charge in [-0.15, -0.1) is 0 Å². The van der Waals surface area contributed by atoms with Gasteiger partial charge < -0.3 is 10.2 Å². The van der Waals surface area contributed by atoms with Crippen LogP contribution in [0.5, 0.6) is 0 Å². The van der Waals surface area contributed by atoms with Crippen molar-refractivity contribution in [3.8, 4) is 0 Å². The molecule has 0 amide bonds. The molecule has 1 heterocycles. The van der Waals surface area contributed by atoms with Crippen LogP contribution in [-0.4, -0.2) is 40.0 Å². The molecule has 1 fully saturated rings. The molecular weight excluding hydrogens is 517 g/mol. The van der Waals surface area contributed by atoms with Crippen LogP contribution in [0.2, 0.25) is 13.6 Å². The average Bonchev–Trinajstić information content (AvgIpc) is 2.85. The molecule has 0 aromatic heterocycles. The summed E-state index contributed by atoms with van der Waals surface area (Å²) in [5.74, 6) is 0. The molecule has 146 valence electrons. The maximum Gasteiger partial charge on any atom is 0.0536 e. The molecule has 4 nitrogen and oxygen atoms in total. The first kappa shape index (κ1) is 21.9. The summed E-state index contributed by atoms with van der Waals surface area (Å²) in [6, 6.07) is 22.1. The van der Waals surface area contributed by atoms with Gasteiger partial charge in [0.1, 0.15) is 0 Å². The van der Waals surface area contributed by atoms with Gasteiger partial charge >= 0.3 is 132 Å². The second-order valence-electron chi connectivity index (χ2n) is 6.98. The van der Waals surface area contributed by atoms with Crippen molar-refractivity contribution in [2.45, 2.75) is 46.1 Å². The van der Waals surface area contributed by atoms with E-state index in [-0.39, 0.29) is 12.2 Å². The van der Waals surface area contributed by atoms with Gasteiger partial charge in [0.2, 0.25) is 0 Å².